The Morgan fingerprint density at radius 1 is 1.40 bits per heavy atom. The number of aryl methyl sites for hydroxylation is 1. The van der Waals surface area contributed by atoms with Crippen LogP contribution in [0.25, 0.3) is 11.0 Å². The van der Waals surface area contributed by atoms with Crippen molar-refractivity contribution in [3.63, 3.8) is 0 Å². The molecule has 1 amide bonds. The summed E-state index contributed by atoms with van der Waals surface area (Å²) in [5.74, 6) is -0.476. The highest BCUT2D eigenvalue weighted by Crippen LogP contribution is 2.30. The van der Waals surface area contributed by atoms with E-state index in [2.05, 4.69) is 20.3 Å². The predicted octanol–water partition coefficient (Wildman–Crippen LogP) is 2.36. The standard InChI is InChI=1S/C21H24FN5O3/c1-12-10-24-19-18(12)21(26-11-25-19)30-17-3-2-13(8-15(17)22)9-16(23)20(28)27-14-4-6-29-7-5-14/h2-3,8,10-11,14,16H,4-7,9,23H2,1H3,(H,27,28)(H,24,25,26)/t16-/m0/s1. The number of halogens is 1. The van der Waals surface area contributed by atoms with Crippen molar-refractivity contribution in [1.29, 1.82) is 0 Å². The molecule has 0 saturated carbocycles. The summed E-state index contributed by atoms with van der Waals surface area (Å²) >= 11 is 0. The van der Waals surface area contributed by atoms with Gasteiger partial charge in [-0.05, 0) is 49.4 Å². The summed E-state index contributed by atoms with van der Waals surface area (Å²) in [6.45, 7) is 3.16. The molecule has 0 bridgehead atoms. The van der Waals surface area contributed by atoms with Gasteiger partial charge in [-0.1, -0.05) is 6.07 Å². The molecule has 9 heteroatoms. The second-order valence-electron chi connectivity index (χ2n) is 7.45. The molecule has 0 spiro atoms. The Hall–Kier alpha value is -3.04. The number of carbonyl (C=O) groups is 1. The average molecular weight is 413 g/mol. The van der Waals surface area contributed by atoms with Gasteiger partial charge in [0.25, 0.3) is 0 Å². The van der Waals surface area contributed by atoms with Gasteiger partial charge in [-0.2, -0.15) is 0 Å². The molecule has 0 unspecified atom stereocenters. The molecule has 1 aliphatic rings. The normalized spacial score (nSPS) is 15.8. The van der Waals surface area contributed by atoms with E-state index in [0.29, 0.717) is 29.8 Å². The van der Waals surface area contributed by atoms with E-state index >= 15 is 0 Å². The smallest absolute Gasteiger partial charge is 0.237 e. The highest BCUT2D eigenvalue weighted by Gasteiger charge is 2.21. The Morgan fingerprint density at radius 3 is 2.97 bits per heavy atom. The van der Waals surface area contributed by atoms with Crippen LogP contribution in [0.3, 0.4) is 0 Å². The number of H-pyrrole nitrogens is 1. The molecule has 0 aliphatic carbocycles. The minimum absolute atomic E-state index is 0.0413. The van der Waals surface area contributed by atoms with Gasteiger partial charge in [0, 0.05) is 25.5 Å². The maximum Gasteiger partial charge on any atom is 0.237 e. The van der Waals surface area contributed by atoms with Crippen molar-refractivity contribution in [2.75, 3.05) is 13.2 Å². The highest BCUT2D eigenvalue weighted by atomic mass is 19.1. The number of amides is 1. The van der Waals surface area contributed by atoms with Crippen molar-refractivity contribution >= 4 is 16.9 Å². The maximum absolute atomic E-state index is 14.7. The number of ether oxygens (including phenoxy) is 2. The topological polar surface area (TPSA) is 115 Å². The molecule has 1 fully saturated rings. The zero-order valence-corrected chi connectivity index (χ0v) is 16.7. The van der Waals surface area contributed by atoms with E-state index in [4.69, 9.17) is 15.2 Å². The number of aromatic amines is 1. The number of fused-ring (bicyclic) bond motifs is 1. The number of hydrogen-bond acceptors (Lipinski definition) is 6. The Kier molecular flexibility index (Phi) is 5.91. The molecule has 4 rings (SSSR count). The largest absolute Gasteiger partial charge is 0.435 e. The molecule has 3 aromatic rings. The molecule has 0 radical (unpaired) electrons. The van der Waals surface area contributed by atoms with Gasteiger partial charge in [0.15, 0.2) is 11.6 Å². The predicted molar refractivity (Wildman–Crippen MR) is 109 cm³/mol. The van der Waals surface area contributed by atoms with E-state index in [1.807, 2.05) is 6.92 Å². The third kappa shape index (κ3) is 4.42. The first-order valence-corrected chi connectivity index (χ1v) is 9.90. The van der Waals surface area contributed by atoms with Gasteiger partial charge in [0.2, 0.25) is 11.8 Å². The second-order valence-corrected chi connectivity index (χ2v) is 7.45. The number of carbonyl (C=O) groups excluding carboxylic acids is 1. The quantitative estimate of drug-likeness (QED) is 0.571. The molecule has 3 heterocycles. The zero-order valence-electron chi connectivity index (χ0n) is 16.7. The molecule has 1 aliphatic heterocycles. The van der Waals surface area contributed by atoms with Crippen LogP contribution < -0.4 is 15.8 Å². The lowest BCUT2D eigenvalue weighted by Crippen LogP contribution is -2.48. The van der Waals surface area contributed by atoms with Crippen LogP contribution in [0.5, 0.6) is 11.6 Å². The summed E-state index contributed by atoms with van der Waals surface area (Å²) in [6.07, 6.45) is 4.92. The summed E-state index contributed by atoms with van der Waals surface area (Å²) in [5.41, 5.74) is 8.16. The van der Waals surface area contributed by atoms with Crippen LogP contribution in [0.4, 0.5) is 4.39 Å². The van der Waals surface area contributed by atoms with Gasteiger partial charge >= 0.3 is 0 Å². The SMILES string of the molecule is Cc1c[nH]c2ncnc(Oc3ccc(C[C@H](N)C(=O)NC4CCOCC4)cc3F)c12. The van der Waals surface area contributed by atoms with E-state index < -0.39 is 11.9 Å². The molecule has 1 saturated heterocycles. The lowest BCUT2D eigenvalue weighted by molar-refractivity contribution is -0.123. The molecule has 1 atom stereocenters. The third-order valence-corrected chi connectivity index (χ3v) is 5.20. The first-order chi connectivity index (χ1) is 14.5. The van der Waals surface area contributed by atoms with Gasteiger partial charge < -0.3 is 25.5 Å². The van der Waals surface area contributed by atoms with E-state index in [1.54, 1.807) is 12.3 Å². The number of rotatable bonds is 6. The molecular formula is C21H24FN5O3. The van der Waals surface area contributed by atoms with Crippen molar-refractivity contribution in [2.24, 2.45) is 5.73 Å². The number of aromatic nitrogens is 3. The Balaban J connectivity index is 1.42. The fourth-order valence-electron chi connectivity index (χ4n) is 3.52. The van der Waals surface area contributed by atoms with Crippen molar-refractivity contribution in [3.05, 3.63) is 47.7 Å². The van der Waals surface area contributed by atoms with Crippen LogP contribution in [0.1, 0.15) is 24.0 Å². The van der Waals surface area contributed by atoms with Crippen LogP contribution in [-0.4, -0.2) is 46.2 Å². The van der Waals surface area contributed by atoms with Gasteiger partial charge in [-0.15, -0.1) is 0 Å². The Morgan fingerprint density at radius 2 is 2.20 bits per heavy atom. The Bertz CT molecular complexity index is 1050. The maximum atomic E-state index is 14.7. The van der Waals surface area contributed by atoms with Crippen molar-refractivity contribution in [3.8, 4) is 11.6 Å². The molecule has 30 heavy (non-hydrogen) atoms. The molecule has 4 N–H and O–H groups in total. The highest BCUT2D eigenvalue weighted by molar-refractivity contribution is 5.84. The van der Waals surface area contributed by atoms with Crippen LogP contribution in [0.15, 0.2) is 30.7 Å². The van der Waals surface area contributed by atoms with E-state index in [1.165, 1.54) is 18.5 Å². The molecular weight excluding hydrogens is 389 g/mol. The van der Waals surface area contributed by atoms with Crippen molar-refractivity contribution in [2.45, 2.75) is 38.3 Å². The van der Waals surface area contributed by atoms with Crippen LogP contribution in [0, 0.1) is 12.7 Å². The van der Waals surface area contributed by atoms with Gasteiger partial charge in [-0.3, -0.25) is 4.79 Å². The zero-order chi connectivity index (χ0) is 21.1. The summed E-state index contributed by atoms with van der Waals surface area (Å²) in [5, 5.41) is 3.64. The summed E-state index contributed by atoms with van der Waals surface area (Å²) < 4.78 is 25.6. The van der Waals surface area contributed by atoms with E-state index in [0.717, 1.165) is 18.4 Å². The van der Waals surface area contributed by atoms with Gasteiger partial charge in [-0.25, -0.2) is 14.4 Å². The molecule has 2 aromatic heterocycles. The minimum Gasteiger partial charge on any atom is -0.435 e. The number of nitrogens with one attached hydrogen (secondary N) is 2. The van der Waals surface area contributed by atoms with E-state index in [-0.39, 0.29) is 30.0 Å². The summed E-state index contributed by atoms with van der Waals surface area (Å²) in [7, 11) is 0. The number of hydrogen-bond donors (Lipinski definition) is 3. The molecule has 158 valence electrons. The van der Waals surface area contributed by atoms with Crippen LogP contribution in [-0.2, 0) is 16.0 Å². The molecule has 8 nitrogen and oxygen atoms in total. The number of nitrogens with two attached hydrogens (primary N) is 1. The fraction of sp³-hybridized carbons (Fsp3) is 0.381. The van der Waals surface area contributed by atoms with Crippen LogP contribution in [0.2, 0.25) is 0 Å². The molecule has 1 aromatic carbocycles. The first kappa shape index (κ1) is 20.2. The first-order valence-electron chi connectivity index (χ1n) is 9.90. The monoisotopic (exact) mass is 413 g/mol. The lowest BCUT2D eigenvalue weighted by Gasteiger charge is -2.24. The summed E-state index contributed by atoms with van der Waals surface area (Å²) in [6, 6.07) is 3.86. The van der Waals surface area contributed by atoms with Crippen molar-refractivity contribution in [1.82, 2.24) is 20.3 Å². The lowest BCUT2D eigenvalue weighted by atomic mass is 10.0. The van der Waals surface area contributed by atoms with Crippen molar-refractivity contribution < 1.29 is 18.7 Å². The second kappa shape index (κ2) is 8.76. The van der Waals surface area contributed by atoms with Gasteiger partial charge in [0.05, 0.1) is 11.4 Å². The Labute approximate surface area is 173 Å². The number of nitrogens with zero attached hydrogens (tertiary/aromatic N) is 2. The number of benzene rings is 1. The van der Waals surface area contributed by atoms with Gasteiger partial charge in [0.1, 0.15) is 12.0 Å². The fourth-order valence-corrected chi connectivity index (χ4v) is 3.52. The summed E-state index contributed by atoms with van der Waals surface area (Å²) in [4.78, 5) is 23.6. The minimum atomic E-state index is -0.761. The average Bonchev–Trinajstić information content (AvgIpc) is 3.12. The van der Waals surface area contributed by atoms with Crippen LogP contribution >= 0.6 is 0 Å². The third-order valence-electron chi connectivity index (χ3n) is 5.20. The van der Waals surface area contributed by atoms with E-state index in [9.17, 15) is 9.18 Å².